The number of nitrogens with zero attached hydrogens (tertiary/aromatic N) is 2. The van der Waals surface area contributed by atoms with Gasteiger partial charge in [0.25, 0.3) is 5.69 Å². The molecule has 2 rings (SSSR count). The quantitative estimate of drug-likeness (QED) is 0.283. The predicted octanol–water partition coefficient (Wildman–Crippen LogP) is 3.51. The lowest BCUT2D eigenvalue weighted by Gasteiger charge is -2.03. The van der Waals surface area contributed by atoms with E-state index in [1.807, 2.05) is 0 Å². The van der Waals surface area contributed by atoms with Gasteiger partial charge in [-0.15, -0.1) is 0 Å². The van der Waals surface area contributed by atoms with Crippen LogP contribution in [0, 0.1) is 15.3 Å². The van der Waals surface area contributed by atoms with Crippen molar-refractivity contribution in [2.24, 2.45) is 0 Å². The zero-order chi connectivity index (χ0) is 13.8. The highest BCUT2D eigenvalue weighted by Crippen LogP contribution is 2.22. The molecule has 0 atom stereocenters. The monoisotopic (exact) mass is 276 g/mol. The number of nitro benzene ring substituents is 1. The van der Waals surface area contributed by atoms with Crippen molar-refractivity contribution in [3.05, 3.63) is 74.4 Å². The first-order valence-corrected chi connectivity index (χ1v) is 5.76. The van der Waals surface area contributed by atoms with Gasteiger partial charge in [-0.3, -0.25) is 10.1 Å². The minimum atomic E-state index is -0.573. The second kappa shape index (κ2) is 5.49. The molecule has 5 nitrogen and oxygen atoms in total. The molecule has 0 N–H and O–H groups in total. The summed E-state index contributed by atoms with van der Waals surface area (Å²) in [5.74, 6) is 0. The molecule has 0 fully saturated rings. The molecule has 0 saturated heterocycles. The summed E-state index contributed by atoms with van der Waals surface area (Å²) in [6.45, 7) is 0. The lowest BCUT2D eigenvalue weighted by Crippen LogP contribution is -2.02. The largest absolute Gasteiger partial charge is 0.618 e. The molecule has 0 amide bonds. The van der Waals surface area contributed by atoms with Gasteiger partial charge in [-0.2, -0.15) is 4.74 Å². The Labute approximate surface area is 114 Å². The Kier molecular flexibility index (Phi) is 3.77. The Hall–Kier alpha value is -2.40. The average Bonchev–Trinajstić information content (AvgIpc) is 2.41. The molecule has 19 heavy (non-hydrogen) atoms. The van der Waals surface area contributed by atoms with Crippen LogP contribution in [0.4, 0.5) is 11.4 Å². The van der Waals surface area contributed by atoms with E-state index in [0.29, 0.717) is 10.4 Å². The van der Waals surface area contributed by atoms with Gasteiger partial charge in [0, 0.05) is 23.2 Å². The topological polar surface area (TPSA) is 69.2 Å². The fourth-order valence-electron chi connectivity index (χ4n) is 1.56. The van der Waals surface area contributed by atoms with Crippen LogP contribution in [-0.2, 0) is 0 Å². The van der Waals surface area contributed by atoms with Crippen molar-refractivity contribution >= 4 is 29.2 Å². The van der Waals surface area contributed by atoms with Crippen LogP contribution in [0.15, 0.2) is 48.5 Å². The molecule has 96 valence electrons. The first kappa shape index (κ1) is 13.0. The van der Waals surface area contributed by atoms with Crippen LogP contribution < -0.4 is 0 Å². The maximum atomic E-state index is 11.9. The average molecular weight is 277 g/mol. The highest BCUT2D eigenvalue weighted by molar-refractivity contribution is 6.30. The molecule has 0 bridgehead atoms. The zero-order valence-electron chi connectivity index (χ0n) is 9.69. The van der Waals surface area contributed by atoms with Gasteiger partial charge in [-0.25, -0.2) is 0 Å². The van der Waals surface area contributed by atoms with Crippen LogP contribution in [0.5, 0.6) is 0 Å². The SMILES string of the molecule is O=[N+]([O-])c1cc(Cl)ccc1/C=[N+](\[O-])c1ccccc1. The Balaban J connectivity index is 2.46. The van der Waals surface area contributed by atoms with Gasteiger partial charge in [-0.05, 0) is 12.1 Å². The van der Waals surface area contributed by atoms with Crippen LogP contribution in [-0.4, -0.2) is 15.9 Å². The van der Waals surface area contributed by atoms with Gasteiger partial charge in [-0.1, -0.05) is 29.8 Å². The van der Waals surface area contributed by atoms with Gasteiger partial charge in [0.2, 0.25) is 5.69 Å². The Morgan fingerprint density at radius 3 is 2.37 bits per heavy atom. The van der Waals surface area contributed by atoms with Gasteiger partial charge in [0.05, 0.1) is 4.92 Å². The van der Waals surface area contributed by atoms with Crippen molar-refractivity contribution in [2.45, 2.75) is 0 Å². The van der Waals surface area contributed by atoms with Crippen LogP contribution >= 0.6 is 11.6 Å². The Morgan fingerprint density at radius 1 is 1.05 bits per heavy atom. The first-order chi connectivity index (χ1) is 9.08. The predicted molar refractivity (Wildman–Crippen MR) is 73.0 cm³/mol. The molecule has 6 heteroatoms. The van der Waals surface area contributed by atoms with Crippen molar-refractivity contribution in [1.29, 1.82) is 0 Å². The Bertz CT molecular complexity index is 642. The fraction of sp³-hybridized carbons (Fsp3) is 0. The van der Waals surface area contributed by atoms with E-state index in [-0.39, 0.29) is 16.3 Å². The number of para-hydroxylation sites is 1. The standard InChI is InChI=1S/C13H9ClN2O3/c14-11-7-6-10(13(8-11)16(18)19)9-15(17)12-4-2-1-3-5-12/h1-9H/b15-9-. The summed E-state index contributed by atoms with van der Waals surface area (Å²) < 4.78 is 0.580. The molecule has 0 radical (unpaired) electrons. The number of hydrogen-bond donors (Lipinski definition) is 0. The highest BCUT2D eigenvalue weighted by atomic mass is 35.5. The fourth-order valence-corrected chi connectivity index (χ4v) is 1.73. The summed E-state index contributed by atoms with van der Waals surface area (Å²) in [6, 6.07) is 12.6. The van der Waals surface area contributed by atoms with E-state index in [2.05, 4.69) is 0 Å². The van der Waals surface area contributed by atoms with Gasteiger partial charge >= 0.3 is 0 Å². The summed E-state index contributed by atoms with van der Waals surface area (Å²) in [7, 11) is 0. The molecular weight excluding hydrogens is 268 g/mol. The van der Waals surface area contributed by atoms with E-state index >= 15 is 0 Å². The van der Waals surface area contributed by atoms with Crippen LogP contribution in [0.1, 0.15) is 5.56 Å². The van der Waals surface area contributed by atoms with Gasteiger partial charge in [0.15, 0.2) is 6.21 Å². The number of hydrogen-bond acceptors (Lipinski definition) is 3. The second-order valence-corrected chi connectivity index (χ2v) is 4.19. The number of halogens is 1. The van der Waals surface area contributed by atoms with Crippen molar-refractivity contribution in [3.8, 4) is 0 Å². The zero-order valence-corrected chi connectivity index (χ0v) is 10.4. The van der Waals surface area contributed by atoms with Crippen LogP contribution in [0.25, 0.3) is 0 Å². The molecule has 0 spiro atoms. The normalized spacial score (nSPS) is 11.3. The molecule has 0 unspecified atom stereocenters. The van der Waals surface area contributed by atoms with Crippen LogP contribution in [0.2, 0.25) is 5.02 Å². The third-order valence-electron chi connectivity index (χ3n) is 2.46. The van der Waals surface area contributed by atoms with Crippen molar-refractivity contribution in [2.75, 3.05) is 0 Å². The van der Waals surface area contributed by atoms with E-state index in [1.54, 1.807) is 30.3 Å². The van der Waals surface area contributed by atoms with E-state index in [4.69, 9.17) is 11.6 Å². The second-order valence-electron chi connectivity index (χ2n) is 3.75. The van der Waals surface area contributed by atoms with E-state index in [1.165, 1.54) is 18.2 Å². The van der Waals surface area contributed by atoms with E-state index in [0.717, 1.165) is 6.21 Å². The lowest BCUT2D eigenvalue weighted by atomic mass is 10.2. The lowest BCUT2D eigenvalue weighted by molar-refractivity contribution is -0.386. The molecule has 0 aromatic heterocycles. The molecule has 0 aliphatic carbocycles. The highest BCUT2D eigenvalue weighted by Gasteiger charge is 2.15. The molecular formula is C13H9ClN2O3. The van der Waals surface area contributed by atoms with Crippen molar-refractivity contribution < 1.29 is 9.66 Å². The number of nitro groups is 1. The first-order valence-electron chi connectivity index (χ1n) is 5.38. The molecule has 0 saturated carbocycles. The minimum Gasteiger partial charge on any atom is -0.618 e. The summed E-state index contributed by atoms with van der Waals surface area (Å²) in [4.78, 5) is 10.3. The minimum absolute atomic E-state index is 0.202. The molecule has 0 aliphatic heterocycles. The maximum absolute atomic E-state index is 11.9. The third-order valence-corrected chi connectivity index (χ3v) is 2.69. The smallest absolute Gasteiger partial charge is 0.284 e. The molecule has 0 heterocycles. The summed E-state index contributed by atoms with van der Waals surface area (Å²) in [5, 5.41) is 23.0. The maximum Gasteiger partial charge on any atom is 0.284 e. The number of benzene rings is 2. The number of rotatable bonds is 3. The van der Waals surface area contributed by atoms with Gasteiger partial charge in [0.1, 0.15) is 5.56 Å². The van der Waals surface area contributed by atoms with E-state index in [9.17, 15) is 15.3 Å². The third kappa shape index (κ3) is 3.08. The van der Waals surface area contributed by atoms with Gasteiger partial charge < -0.3 is 5.21 Å². The molecule has 0 aliphatic rings. The van der Waals surface area contributed by atoms with E-state index < -0.39 is 4.92 Å². The van der Waals surface area contributed by atoms with Crippen LogP contribution in [0.3, 0.4) is 0 Å². The Morgan fingerprint density at radius 2 is 1.74 bits per heavy atom. The molecule has 2 aromatic carbocycles. The summed E-state index contributed by atoms with van der Waals surface area (Å²) in [6.07, 6.45) is 1.16. The summed E-state index contributed by atoms with van der Waals surface area (Å²) in [5.41, 5.74) is 0.393. The summed E-state index contributed by atoms with van der Waals surface area (Å²) >= 11 is 5.70. The van der Waals surface area contributed by atoms with Crippen molar-refractivity contribution in [3.63, 3.8) is 0 Å². The van der Waals surface area contributed by atoms with Crippen molar-refractivity contribution in [1.82, 2.24) is 0 Å². The molecule has 2 aromatic rings.